The van der Waals surface area contributed by atoms with E-state index >= 15 is 0 Å². The van der Waals surface area contributed by atoms with E-state index in [1.807, 2.05) is 6.08 Å². The Morgan fingerprint density at radius 1 is 1.00 bits per heavy atom. The van der Waals surface area contributed by atoms with Gasteiger partial charge in [0.1, 0.15) is 0 Å². The molecular weight excluding hydrogens is 340 g/mol. The van der Waals surface area contributed by atoms with E-state index in [-0.39, 0.29) is 16.8 Å². The Morgan fingerprint density at radius 3 is 1.85 bits per heavy atom. The maximum absolute atomic E-state index is 10.8. The first-order valence-corrected chi connectivity index (χ1v) is 10.2. The molecule has 0 fully saturated rings. The zero-order valence-electron chi connectivity index (χ0n) is 18.7. The highest BCUT2D eigenvalue weighted by Gasteiger charge is 2.22. The summed E-state index contributed by atoms with van der Waals surface area (Å²) in [4.78, 5) is 21.4. The van der Waals surface area contributed by atoms with Crippen molar-refractivity contribution in [2.45, 2.75) is 93.4 Å². The van der Waals surface area contributed by atoms with Gasteiger partial charge in [-0.15, -0.1) is 0 Å². The lowest BCUT2D eigenvalue weighted by Gasteiger charge is -2.26. The Hall–Kier alpha value is -1.58. The van der Waals surface area contributed by atoms with Crippen LogP contribution in [0.4, 0.5) is 0 Å². The SMILES string of the molecule is C=CC(=O)OCC(C)(CC)CCC.CCCC(C)(CC)CC=C(C)C(=O)O. The van der Waals surface area contributed by atoms with Crippen molar-refractivity contribution < 1.29 is 19.4 Å². The normalized spacial score (nSPS) is 15.6. The van der Waals surface area contributed by atoms with Gasteiger partial charge in [0, 0.05) is 17.1 Å². The average molecular weight is 383 g/mol. The zero-order valence-corrected chi connectivity index (χ0v) is 18.7. The first-order valence-electron chi connectivity index (χ1n) is 10.2. The van der Waals surface area contributed by atoms with Crippen LogP contribution in [-0.2, 0) is 14.3 Å². The number of hydrogen-bond donors (Lipinski definition) is 1. The Bertz CT molecular complexity index is 481. The number of esters is 1. The van der Waals surface area contributed by atoms with Crippen LogP contribution in [0.1, 0.15) is 93.4 Å². The van der Waals surface area contributed by atoms with E-state index in [1.165, 1.54) is 6.08 Å². The third-order valence-corrected chi connectivity index (χ3v) is 5.38. The van der Waals surface area contributed by atoms with Gasteiger partial charge in [0.2, 0.25) is 0 Å². The molecule has 1 N–H and O–H groups in total. The smallest absolute Gasteiger partial charge is 0.330 e. The maximum Gasteiger partial charge on any atom is 0.330 e. The van der Waals surface area contributed by atoms with E-state index in [0.717, 1.165) is 44.9 Å². The van der Waals surface area contributed by atoms with Crippen LogP contribution < -0.4 is 0 Å². The quantitative estimate of drug-likeness (QED) is 0.307. The van der Waals surface area contributed by atoms with Crippen LogP contribution in [0.5, 0.6) is 0 Å². The summed E-state index contributed by atoms with van der Waals surface area (Å²) < 4.78 is 5.04. The molecule has 0 heterocycles. The fourth-order valence-corrected chi connectivity index (χ4v) is 2.77. The molecule has 2 atom stereocenters. The molecule has 0 radical (unpaired) electrons. The minimum atomic E-state index is -0.806. The summed E-state index contributed by atoms with van der Waals surface area (Å²) in [5.74, 6) is -1.13. The molecule has 27 heavy (non-hydrogen) atoms. The number of hydrogen-bond acceptors (Lipinski definition) is 3. The number of rotatable bonds is 12. The molecule has 4 heteroatoms. The zero-order chi connectivity index (χ0) is 21.5. The van der Waals surface area contributed by atoms with E-state index in [9.17, 15) is 9.59 Å². The fourth-order valence-electron chi connectivity index (χ4n) is 2.77. The van der Waals surface area contributed by atoms with E-state index in [0.29, 0.717) is 12.2 Å². The number of aliphatic carboxylic acids is 1. The molecule has 0 aliphatic heterocycles. The molecule has 2 unspecified atom stereocenters. The first kappa shape index (κ1) is 27.6. The lowest BCUT2D eigenvalue weighted by molar-refractivity contribution is -0.141. The molecule has 0 saturated heterocycles. The van der Waals surface area contributed by atoms with Gasteiger partial charge < -0.3 is 9.84 Å². The summed E-state index contributed by atoms with van der Waals surface area (Å²) in [5, 5.41) is 8.71. The molecular formula is C23H42O4. The highest BCUT2D eigenvalue weighted by Crippen LogP contribution is 2.32. The molecule has 158 valence electrons. The van der Waals surface area contributed by atoms with Gasteiger partial charge in [0.15, 0.2) is 0 Å². The Balaban J connectivity index is 0. The van der Waals surface area contributed by atoms with Gasteiger partial charge in [-0.3, -0.25) is 0 Å². The minimum absolute atomic E-state index is 0.132. The summed E-state index contributed by atoms with van der Waals surface area (Å²) in [6, 6.07) is 0. The van der Waals surface area contributed by atoms with Crippen molar-refractivity contribution in [3.63, 3.8) is 0 Å². The third-order valence-electron chi connectivity index (χ3n) is 5.38. The van der Waals surface area contributed by atoms with Gasteiger partial charge >= 0.3 is 11.9 Å². The topological polar surface area (TPSA) is 63.6 Å². The second-order valence-corrected chi connectivity index (χ2v) is 8.04. The molecule has 0 saturated carbocycles. The molecule has 0 rings (SSSR count). The van der Waals surface area contributed by atoms with Crippen molar-refractivity contribution in [1.82, 2.24) is 0 Å². The summed E-state index contributed by atoms with van der Waals surface area (Å²) in [6.45, 7) is 18.5. The van der Waals surface area contributed by atoms with Crippen molar-refractivity contribution in [3.05, 3.63) is 24.3 Å². The van der Waals surface area contributed by atoms with Gasteiger partial charge in [-0.2, -0.15) is 0 Å². The maximum atomic E-state index is 10.8. The number of allylic oxidation sites excluding steroid dienone is 1. The molecule has 0 aliphatic carbocycles. The van der Waals surface area contributed by atoms with Crippen molar-refractivity contribution in [3.8, 4) is 0 Å². The second kappa shape index (κ2) is 14.5. The first-order chi connectivity index (χ1) is 12.5. The van der Waals surface area contributed by atoms with Gasteiger partial charge in [-0.1, -0.05) is 73.5 Å². The summed E-state index contributed by atoms with van der Waals surface area (Å²) >= 11 is 0. The largest absolute Gasteiger partial charge is 0.478 e. The Labute approximate surface area is 167 Å². The standard InChI is InChI=1S/C12H22O2.C11H20O2/c1-5-8-12(4,6-2)9-7-10(3)11(13)14;1-5-8-11(4,7-3)9-13-10(12)6-2/h7H,5-6,8-9H2,1-4H3,(H,13,14);6H,2,5,7-9H2,1,3-4H3. The monoisotopic (exact) mass is 382 g/mol. The summed E-state index contributed by atoms with van der Waals surface area (Å²) in [7, 11) is 0. The van der Waals surface area contributed by atoms with E-state index < -0.39 is 5.97 Å². The molecule has 0 aromatic rings. The fraction of sp³-hybridized carbons (Fsp3) is 0.739. The number of carbonyl (C=O) groups excluding carboxylic acids is 1. The predicted molar refractivity (Wildman–Crippen MR) is 114 cm³/mol. The van der Waals surface area contributed by atoms with E-state index in [4.69, 9.17) is 9.84 Å². The number of ether oxygens (including phenoxy) is 1. The lowest BCUT2D eigenvalue weighted by atomic mass is 9.79. The highest BCUT2D eigenvalue weighted by molar-refractivity contribution is 5.85. The molecule has 0 aromatic heterocycles. The van der Waals surface area contributed by atoms with E-state index in [2.05, 4.69) is 48.1 Å². The van der Waals surface area contributed by atoms with E-state index in [1.54, 1.807) is 6.92 Å². The van der Waals surface area contributed by atoms with Crippen LogP contribution in [0.25, 0.3) is 0 Å². The van der Waals surface area contributed by atoms with Crippen molar-refractivity contribution >= 4 is 11.9 Å². The minimum Gasteiger partial charge on any atom is -0.478 e. The number of carboxylic acid groups (broad SMARTS) is 1. The highest BCUT2D eigenvalue weighted by atomic mass is 16.5. The Kier molecular flexibility index (Phi) is 14.8. The van der Waals surface area contributed by atoms with Crippen molar-refractivity contribution in [2.75, 3.05) is 6.61 Å². The Morgan fingerprint density at radius 2 is 1.48 bits per heavy atom. The van der Waals surface area contributed by atoms with Crippen molar-refractivity contribution in [2.24, 2.45) is 10.8 Å². The molecule has 0 amide bonds. The average Bonchev–Trinajstić information content (AvgIpc) is 2.65. The lowest BCUT2D eigenvalue weighted by Crippen LogP contribution is -2.23. The van der Waals surface area contributed by atoms with Gasteiger partial charge in [0.05, 0.1) is 6.61 Å². The predicted octanol–water partition coefficient (Wildman–Crippen LogP) is 6.56. The van der Waals surface area contributed by atoms with Crippen LogP contribution >= 0.6 is 0 Å². The summed E-state index contributed by atoms with van der Waals surface area (Å²) in [6.07, 6.45) is 10.6. The summed E-state index contributed by atoms with van der Waals surface area (Å²) in [5.41, 5.74) is 0.861. The van der Waals surface area contributed by atoms with Crippen LogP contribution in [0, 0.1) is 10.8 Å². The second-order valence-electron chi connectivity index (χ2n) is 8.04. The van der Waals surface area contributed by atoms with Crippen LogP contribution in [0.3, 0.4) is 0 Å². The molecule has 0 spiro atoms. The molecule has 4 nitrogen and oxygen atoms in total. The van der Waals surface area contributed by atoms with Crippen molar-refractivity contribution in [1.29, 1.82) is 0 Å². The van der Waals surface area contributed by atoms with Crippen LogP contribution in [0.2, 0.25) is 0 Å². The molecule has 0 bridgehead atoms. The number of carboxylic acids is 1. The van der Waals surface area contributed by atoms with Gasteiger partial charge in [-0.25, -0.2) is 9.59 Å². The van der Waals surface area contributed by atoms with Crippen LogP contribution in [-0.4, -0.2) is 23.7 Å². The van der Waals surface area contributed by atoms with Gasteiger partial charge in [0.25, 0.3) is 0 Å². The molecule has 0 aromatic carbocycles. The van der Waals surface area contributed by atoms with Crippen LogP contribution in [0.15, 0.2) is 24.3 Å². The van der Waals surface area contributed by atoms with Gasteiger partial charge in [-0.05, 0) is 38.0 Å². The third kappa shape index (κ3) is 13.3. The molecule has 0 aliphatic rings. The number of carbonyl (C=O) groups is 2.